The van der Waals surface area contributed by atoms with Crippen molar-refractivity contribution >= 4 is 16.9 Å². The van der Waals surface area contributed by atoms with Crippen LogP contribution < -0.4 is 0 Å². The number of carbonyl (C=O) groups excluding carboxylic acids is 1. The summed E-state index contributed by atoms with van der Waals surface area (Å²) in [6, 6.07) is 10.9. The van der Waals surface area contributed by atoms with Crippen LogP contribution in [0.2, 0.25) is 0 Å². The Morgan fingerprint density at radius 2 is 2.05 bits per heavy atom. The molecular weight excluding hydrogens is 268 g/mol. The van der Waals surface area contributed by atoms with Crippen molar-refractivity contribution in [3.05, 3.63) is 54.4 Å². The van der Waals surface area contributed by atoms with Crippen LogP contribution in [-0.2, 0) is 4.74 Å². The van der Waals surface area contributed by atoms with Crippen LogP contribution in [0, 0.1) is 0 Å². The van der Waals surface area contributed by atoms with Gasteiger partial charge in [0, 0.05) is 17.1 Å². The molecule has 0 bridgehead atoms. The largest absolute Gasteiger partial charge is 0.462 e. The molecule has 3 rings (SSSR count). The fraction of sp³-hybridized carbons (Fsp3) is 0.125. The number of ether oxygens (including phenoxy) is 1. The first kappa shape index (κ1) is 13.2. The van der Waals surface area contributed by atoms with E-state index in [0.29, 0.717) is 22.2 Å². The smallest absolute Gasteiger partial charge is 0.341 e. The molecule has 5 nitrogen and oxygen atoms in total. The average Bonchev–Trinajstić information content (AvgIpc) is 2.82. The zero-order chi connectivity index (χ0) is 14.8. The van der Waals surface area contributed by atoms with E-state index in [1.54, 1.807) is 19.2 Å². The minimum absolute atomic E-state index is 0.274. The van der Waals surface area contributed by atoms with Crippen molar-refractivity contribution in [2.75, 3.05) is 6.61 Å². The lowest BCUT2D eigenvalue weighted by molar-refractivity contribution is 0.0527. The van der Waals surface area contributed by atoms with Crippen molar-refractivity contribution in [3.63, 3.8) is 0 Å². The van der Waals surface area contributed by atoms with Crippen molar-refractivity contribution in [2.24, 2.45) is 0 Å². The molecule has 0 aliphatic carbocycles. The number of carbonyl (C=O) groups is 1. The monoisotopic (exact) mass is 282 g/mol. The molecule has 5 heteroatoms. The number of hydrogen-bond donors (Lipinski definition) is 1. The van der Waals surface area contributed by atoms with Gasteiger partial charge in [-0.2, -0.15) is 4.73 Å². The number of esters is 1. The Kier molecular flexibility index (Phi) is 3.31. The molecule has 0 amide bonds. The van der Waals surface area contributed by atoms with E-state index in [4.69, 9.17) is 4.74 Å². The van der Waals surface area contributed by atoms with E-state index in [-0.39, 0.29) is 6.61 Å². The van der Waals surface area contributed by atoms with Crippen LogP contribution in [0.3, 0.4) is 0 Å². The van der Waals surface area contributed by atoms with Gasteiger partial charge in [0.25, 0.3) is 0 Å². The topological polar surface area (TPSA) is 64.3 Å². The molecule has 106 valence electrons. The molecule has 3 aromatic rings. The number of fused-ring (bicyclic) bond motifs is 1. The maximum absolute atomic E-state index is 12.3. The van der Waals surface area contributed by atoms with Gasteiger partial charge in [0.1, 0.15) is 11.2 Å². The predicted octanol–water partition coefficient (Wildman–Crippen LogP) is 3.12. The Bertz CT molecular complexity index is 794. The molecule has 0 saturated heterocycles. The second kappa shape index (κ2) is 5.28. The molecule has 0 aliphatic heterocycles. The number of nitrogens with zero attached hydrogens (tertiary/aromatic N) is 2. The summed E-state index contributed by atoms with van der Waals surface area (Å²) in [5.74, 6) is -0.458. The van der Waals surface area contributed by atoms with Crippen LogP contribution in [0.1, 0.15) is 17.3 Å². The van der Waals surface area contributed by atoms with Gasteiger partial charge < -0.3 is 9.94 Å². The minimum Gasteiger partial charge on any atom is -0.462 e. The number of rotatable bonds is 3. The van der Waals surface area contributed by atoms with Crippen LogP contribution in [0.25, 0.3) is 22.2 Å². The van der Waals surface area contributed by atoms with E-state index in [9.17, 15) is 10.0 Å². The van der Waals surface area contributed by atoms with Crippen LogP contribution in [0.4, 0.5) is 0 Å². The fourth-order valence-electron chi connectivity index (χ4n) is 2.39. The maximum atomic E-state index is 12.3. The lowest BCUT2D eigenvalue weighted by Crippen LogP contribution is -2.06. The first-order chi connectivity index (χ1) is 10.2. The van der Waals surface area contributed by atoms with Gasteiger partial charge in [0.05, 0.1) is 18.4 Å². The third kappa shape index (κ3) is 2.12. The van der Waals surface area contributed by atoms with E-state index < -0.39 is 5.97 Å². The number of benzene rings is 1. The third-order valence-electron chi connectivity index (χ3n) is 3.27. The average molecular weight is 282 g/mol. The summed E-state index contributed by atoms with van der Waals surface area (Å²) in [6.45, 7) is 2.02. The molecule has 0 radical (unpaired) electrons. The Balaban J connectivity index is 2.34. The van der Waals surface area contributed by atoms with Gasteiger partial charge in [-0.3, -0.25) is 4.98 Å². The van der Waals surface area contributed by atoms with Crippen molar-refractivity contribution in [1.29, 1.82) is 0 Å². The summed E-state index contributed by atoms with van der Waals surface area (Å²) in [7, 11) is 0. The Hall–Kier alpha value is -2.82. The Morgan fingerprint density at radius 1 is 1.29 bits per heavy atom. The molecule has 0 aliphatic rings. The van der Waals surface area contributed by atoms with Gasteiger partial charge >= 0.3 is 5.97 Å². The highest BCUT2D eigenvalue weighted by Crippen LogP contribution is 2.32. The highest BCUT2D eigenvalue weighted by Gasteiger charge is 2.24. The highest BCUT2D eigenvalue weighted by molar-refractivity contribution is 6.10. The third-order valence-corrected chi connectivity index (χ3v) is 3.27. The van der Waals surface area contributed by atoms with E-state index in [0.717, 1.165) is 10.3 Å². The van der Waals surface area contributed by atoms with E-state index >= 15 is 0 Å². The second-order valence-corrected chi connectivity index (χ2v) is 4.51. The van der Waals surface area contributed by atoms with Crippen molar-refractivity contribution in [3.8, 4) is 11.3 Å². The lowest BCUT2D eigenvalue weighted by Gasteiger charge is -2.06. The molecule has 2 aromatic heterocycles. The molecule has 0 unspecified atom stereocenters. The quantitative estimate of drug-likeness (QED) is 0.592. The summed E-state index contributed by atoms with van der Waals surface area (Å²) in [6.07, 6.45) is 3.10. The maximum Gasteiger partial charge on any atom is 0.341 e. The molecule has 0 saturated carbocycles. The van der Waals surface area contributed by atoms with Crippen molar-refractivity contribution in [1.82, 2.24) is 9.71 Å². The van der Waals surface area contributed by atoms with Crippen molar-refractivity contribution < 1.29 is 14.7 Å². The number of aromatic nitrogens is 2. The normalized spacial score (nSPS) is 10.7. The first-order valence-corrected chi connectivity index (χ1v) is 6.64. The van der Waals surface area contributed by atoms with E-state index in [1.165, 1.54) is 6.20 Å². The fourth-order valence-corrected chi connectivity index (χ4v) is 2.39. The van der Waals surface area contributed by atoms with Crippen LogP contribution in [-0.4, -0.2) is 27.5 Å². The summed E-state index contributed by atoms with van der Waals surface area (Å²) in [5, 5.41) is 11.0. The summed E-state index contributed by atoms with van der Waals surface area (Å²) in [4.78, 5) is 16.3. The molecule has 21 heavy (non-hydrogen) atoms. The van der Waals surface area contributed by atoms with E-state index in [1.807, 2.05) is 30.3 Å². The zero-order valence-corrected chi connectivity index (χ0v) is 11.5. The molecule has 0 spiro atoms. The standard InChI is InChI=1S/C16H14N2O3/c1-2-21-16(19)14-12-8-9-17-10-13(12)18(20)15(14)11-6-4-3-5-7-11/h3-10,20H,2H2,1H3. The number of pyridine rings is 1. The van der Waals surface area contributed by atoms with Gasteiger partial charge in [-0.25, -0.2) is 4.79 Å². The lowest BCUT2D eigenvalue weighted by atomic mass is 10.1. The summed E-state index contributed by atoms with van der Waals surface area (Å²) in [5.41, 5.74) is 1.97. The van der Waals surface area contributed by atoms with Gasteiger partial charge in [-0.1, -0.05) is 30.3 Å². The molecule has 1 aromatic carbocycles. The van der Waals surface area contributed by atoms with E-state index in [2.05, 4.69) is 4.98 Å². The van der Waals surface area contributed by atoms with Gasteiger partial charge in [-0.15, -0.1) is 0 Å². The minimum atomic E-state index is -0.458. The van der Waals surface area contributed by atoms with Crippen LogP contribution in [0.5, 0.6) is 0 Å². The highest BCUT2D eigenvalue weighted by atomic mass is 16.5. The Labute approximate surface area is 121 Å². The first-order valence-electron chi connectivity index (χ1n) is 6.64. The van der Waals surface area contributed by atoms with Gasteiger partial charge in [0.2, 0.25) is 0 Å². The molecular formula is C16H14N2O3. The SMILES string of the molecule is CCOC(=O)c1c(-c2ccccc2)n(O)c2cnccc12. The summed E-state index contributed by atoms with van der Waals surface area (Å²) >= 11 is 0. The van der Waals surface area contributed by atoms with Crippen molar-refractivity contribution in [2.45, 2.75) is 6.92 Å². The molecule has 2 heterocycles. The van der Waals surface area contributed by atoms with Gasteiger partial charge in [0.15, 0.2) is 0 Å². The second-order valence-electron chi connectivity index (χ2n) is 4.51. The molecule has 0 atom stereocenters. The predicted molar refractivity (Wildman–Crippen MR) is 78.3 cm³/mol. The summed E-state index contributed by atoms with van der Waals surface area (Å²) < 4.78 is 6.12. The van der Waals surface area contributed by atoms with Crippen LogP contribution >= 0.6 is 0 Å². The molecule has 0 fully saturated rings. The zero-order valence-electron chi connectivity index (χ0n) is 11.5. The Morgan fingerprint density at radius 3 is 2.76 bits per heavy atom. The van der Waals surface area contributed by atoms with Crippen LogP contribution in [0.15, 0.2) is 48.8 Å². The molecule has 1 N–H and O–H groups in total. The number of hydrogen-bond acceptors (Lipinski definition) is 4. The van der Waals surface area contributed by atoms with Gasteiger partial charge in [-0.05, 0) is 13.0 Å².